The molecule has 1 aliphatic rings. The summed E-state index contributed by atoms with van der Waals surface area (Å²) in [5, 5.41) is 12.1. The van der Waals surface area contributed by atoms with E-state index in [0.717, 1.165) is 25.1 Å². The van der Waals surface area contributed by atoms with Crippen LogP contribution in [0.1, 0.15) is 25.5 Å². The lowest BCUT2D eigenvalue weighted by Gasteiger charge is -2.36. The van der Waals surface area contributed by atoms with Crippen molar-refractivity contribution in [1.82, 2.24) is 10.2 Å². The fourth-order valence-corrected chi connectivity index (χ4v) is 2.35. The maximum Gasteiger partial charge on any atom is 0.237 e. The minimum atomic E-state index is -0.173. The van der Waals surface area contributed by atoms with Gasteiger partial charge in [-0.2, -0.15) is 0 Å². The van der Waals surface area contributed by atoms with Gasteiger partial charge in [0.15, 0.2) is 0 Å². The second-order valence-corrected chi connectivity index (χ2v) is 5.40. The van der Waals surface area contributed by atoms with Crippen molar-refractivity contribution in [3.05, 3.63) is 24.2 Å². The molecule has 5 nitrogen and oxygen atoms in total. The third-order valence-corrected chi connectivity index (χ3v) is 3.81. The third kappa shape index (κ3) is 3.81. The van der Waals surface area contributed by atoms with Gasteiger partial charge in [-0.1, -0.05) is 0 Å². The highest BCUT2D eigenvalue weighted by molar-refractivity contribution is 5.81. The van der Waals surface area contributed by atoms with E-state index in [2.05, 4.69) is 5.32 Å². The predicted molar refractivity (Wildman–Crippen MR) is 71.4 cm³/mol. The Labute approximate surface area is 113 Å². The monoisotopic (exact) mass is 266 g/mol. The van der Waals surface area contributed by atoms with Gasteiger partial charge < -0.3 is 14.8 Å². The van der Waals surface area contributed by atoms with Gasteiger partial charge in [0.1, 0.15) is 5.76 Å². The maximum atomic E-state index is 12.0. The highest BCUT2D eigenvalue weighted by atomic mass is 16.3. The number of hydrogen-bond acceptors (Lipinski definition) is 4. The number of likely N-dealkylation sites (N-methyl/N-ethyl adjacent to an activating group) is 1. The summed E-state index contributed by atoms with van der Waals surface area (Å²) in [4.78, 5) is 14.0. The number of nitrogens with zero attached hydrogens (tertiary/aromatic N) is 1. The van der Waals surface area contributed by atoms with Gasteiger partial charge in [0.25, 0.3) is 0 Å². The lowest BCUT2D eigenvalue weighted by molar-refractivity contribution is -0.126. The Kier molecular flexibility index (Phi) is 4.61. The van der Waals surface area contributed by atoms with Crippen LogP contribution in [0.2, 0.25) is 0 Å². The molecule has 0 aliphatic heterocycles. The van der Waals surface area contributed by atoms with Crippen molar-refractivity contribution in [2.75, 3.05) is 13.6 Å². The van der Waals surface area contributed by atoms with Crippen molar-refractivity contribution in [2.45, 2.75) is 38.5 Å². The molecule has 19 heavy (non-hydrogen) atoms. The van der Waals surface area contributed by atoms with E-state index in [1.165, 1.54) is 0 Å². The number of furan rings is 1. The van der Waals surface area contributed by atoms with Gasteiger partial charge in [-0.05, 0) is 44.9 Å². The van der Waals surface area contributed by atoms with Crippen LogP contribution in [-0.2, 0) is 11.3 Å². The molecule has 1 fully saturated rings. The van der Waals surface area contributed by atoms with Crippen molar-refractivity contribution in [3.8, 4) is 0 Å². The van der Waals surface area contributed by atoms with Crippen LogP contribution in [0, 0.1) is 5.92 Å². The molecule has 106 valence electrons. The lowest BCUT2D eigenvalue weighted by Crippen LogP contribution is -2.46. The number of rotatable bonds is 6. The summed E-state index contributed by atoms with van der Waals surface area (Å²) in [5.41, 5.74) is 0. The smallest absolute Gasteiger partial charge is 0.237 e. The Bertz CT molecular complexity index is 399. The van der Waals surface area contributed by atoms with Gasteiger partial charge in [0.05, 0.1) is 25.0 Å². The van der Waals surface area contributed by atoms with Crippen LogP contribution in [0.3, 0.4) is 0 Å². The van der Waals surface area contributed by atoms with Gasteiger partial charge in [0.2, 0.25) is 5.91 Å². The van der Waals surface area contributed by atoms with Crippen LogP contribution in [0.15, 0.2) is 22.8 Å². The second kappa shape index (κ2) is 6.21. The SMILES string of the molecule is CC(C(=O)NCc1ccco1)N(C)CC1CC(O)C1. The van der Waals surface area contributed by atoms with E-state index in [-0.39, 0.29) is 18.1 Å². The van der Waals surface area contributed by atoms with Crippen molar-refractivity contribution in [2.24, 2.45) is 5.92 Å². The summed E-state index contributed by atoms with van der Waals surface area (Å²) in [6.45, 7) is 3.17. The van der Waals surface area contributed by atoms with Crippen LogP contribution in [0.5, 0.6) is 0 Å². The summed E-state index contributed by atoms with van der Waals surface area (Å²) in [6, 6.07) is 3.47. The van der Waals surface area contributed by atoms with Gasteiger partial charge in [-0.3, -0.25) is 9.69 Å². The molecule has 1 aliphatic carbocycles. The van der Waals surface area contributed by atoms with Gasteiger partial charge in [-0.25, -0.2) is 0 Å². The Balaban J connectivity index is 1.71. The molecule has 0 radical (unpaired) electrons. The van der Waals surface area contributed by atoms with Gasteiger partial charge >= 0.3 is 0 Å². The Morgan fingerprint density at radius 3 is 2.95 bits per heavy atom. The first-order chi connectivity index (χ1) is 9.06. The Morgan fingerprint density at radius 1 is 1.63 bits per heavy atom. The molecule has 5 heteroatoms. The number of carbonyl (C=O) groups is 1. The minimum absolute atomic E-state index is 0.00114. The standard InChI is InChI=1S/C14H22N2O3/c1-10(16(2)9-11-6-12(17)7-11)14(18)15-8-13-4-3-5-19-13/h3-5,10-12,17H,6-9H2,1-2H3,(H,15,18). The minimum Gasteiger partial charge on any atom is -0.467 e. The summed E-state index contributed by atoms with van der Waals surface area (Å²) in [5.74, 6) is 1.27. The normalized spacial score (nSPS) is 24.0. The van der Waals surface area contributed by atoms with Crippen molar-refractivity contribution >= 4 is 5.91 Å². The fraction of sp³-hybridized carbons (Fsp3) is 0.643. The topological polar surface area (TPSA) is 65.7 Å². The van der Waals surface area contributed by atoms with Crippen LogP contribution in [0.25, 0.3) is 0 Å². The zero-order chi connectivity index (χ0) is 13.8. The highest BCUT2D eigenvalue weighted by Gasteiger charge is 2.30. The molecule has 1 aromatic heterocycles. The average Bonchev–Trinajstić information content (AvgIpc) is 2.86. The van der Waals surface area contributed by atoms with Crippen LogP contribution in [-0.4, -0.2) is 41.7 Å². The molecule has 1 amide bonds. The van der Waals surface area contributed by atoms with E-state index < -0.39 is 0 Å². The molecule has 1 unspecified atom stereocenters. The lowest BCUT2D eigenvalue weighted by atomic mass is 9.82. The van der Waals surface area contributed by atoms with E-state index in [4.69, 9.17) is 4.42 Å². The van der Waals surface area contributed by atoms with Crippen molar-refractivity contribution in [3.63, 3.8) is 0 Å². The number of aliphatic hydroxyl groups is 1. The zero-order valence-electron chi connectivity index (χ0n) is 11.5. The molecule has 1 aromatic rings. The van der Waals surface area contributed by atoms with Gasteiger partial charge in [0, 0.05) is 6.54 Å². The maximum absolute atomic E-state index is 12.0. The first-order valence-corrected chi connectivity index (χ1v) is 6.74. The van der Waals surface area contributed by atoms with Gasteiger partial charge in [-0.15, -0.1) is 0 Å². The molecule has 1 saturated carbocycles. The zero-order valence-corrected chi connectivity index (χ0v) is 11.5. The average molecular weight is 266 g/mol. The first kappa shape index (κ1) is 14.1. The number of nitrogens with one attached hydrogen (secondary N) is 1. The molecular weight excluding hydrogens is 244 g/mol. The van der Waals surface area contributed by atoms with E-state index in [1.807, 2.05) is 24.9 Å². The molecule has 2 N–H and O–H groups in total. The predicted octanol–water partition coefficient (Wildman–Crippen LogP) is 0.987. The molecule has 2 rings (SSSR count). The summed E-state index contributed by atoms with van der Waals surface area (Å²) in [6.07, 6.45) is 3.16. The molecule has 1 heterocycles. The van der Waals surface area contributed by atoms with E-state index in [0.29, 0.717) is 12.5 Å². The quantitative estimate of drug-likeness (QED) is 0.806. The van der Waals surface area contributed by atoms with E-state index in [9.17, 15) is 9.90 Å². The molecular formula is C14H22N2O3. The van der Waals surface area contributed by atoms with Crippen LogP contribution in [0.4, 0.5) is 0 Å². The Morgan fingerprint density at radius 2 is 2.37 bits per heavy atom. The molecule has 1 atom stereocenters. The second-order valence-electron chi connectivity index (χ2n) is 5.40. The number of amides is 1. The van der Waals surface area contributed by atoms with Crippen LogP contribution >= 0.6 is 0 Å². The van der Waals surface area contributed by atoms with E-state index in [1.54, 1.807) is 12.3 Å². The molecule has 0 aromatic carbocycles. The van der Waals surface area contributed by atoms with Crippen molar-refractivity contribution in [1.29, 1.82) is 0 Å². The fourth-order valence-electron chi connectivity index (χ4n) is 2.35. The largest absolute Gasteiger partial charge is 0.467 e. The number of hydrogen-bond donors (Lipinski definition) is 2. The van der Waals surface area contributed by atoms with E-state index >= 15 is 0 Å². The number of aliphatic hydroxyl groups excluding tert-OH is 1. The first-order valence-electron chi connectivity index (χ1n) is 6.74. The molecule has 0 bridgehead atoms. The summed E-state index contributed by atoms with van der Waals surface area (Å²) < 4.78 is 5.17. The third-order valence-electron chi connectivity index (χ3n) is 3.81. The van der Waals surface area contributed by atoms with Crippen molar-refractivity contribution < 1.29 is 14.3 Å². The molecule has 0 spiro atoms. The Hall–Kier alpha value is -1.33. The summed E-state index contributed by atoms with van der Waals surface area (Å²) >= 11 is 0. The van der Waals surface area contributed by atoms with Crippen LogP contribution < -0.4 is 5.32 Å². The molecule has 0 saturated heterocycles. The number of carbonyl (C=O) groups excluding carboxylic acids is 1. The summed E-state index contributed by atoms with van der Waals surface area (Å²) in [7, 11) is 1.95. The highest BCUT2D eigenvalue weighted by Crippen LogP contribution is 2.27.